The fourth-order valence-electron chi connectivity index (χ4n) is 4.28. The number of aliphatic imine (C=N–C) groups is 1. The molecule has 2 N–H and O–H groups in total. The number of pyridine rings is 1. The Morgan fingerprint density at radius 2 is 2.17 bits per heavy atom. The average Bonchev–Trinajstić information content (AvgIpc) is 3.28. The van der Waals surface area contributed by atoms with Crippen molar-refractivity contribution in [2.75, 3.05) is 6.54 Å². The lowest BCUT2D eigenvalue weighted by atomic mass is 9.89. The molecule has 2 heterocycles. The van der Waals surface area contributed by atoms with Crippen molar-refractivity contribution in [1.29, 1.82) is 0 Å². The molecule has 0 aromatic carbocycles. The second-order valence-electron chi connectivity index (χ2n) is 8.46. The molecular formula is C24H29N3O3. The number of ether oxygens (including phenoxy) is 1. The molecule has 0 amide bonds. The van der Waals surface area contributed by atoms with Crippen LogP contribution < -0.4 is 0 Å². The van der Waals surface area contributed by atoms with E-state index in [0.29, 0.717) is 30.2 Å². The van der Waals surface area contributed by atoms with Gasteiger partial charge in [-0.25, -0.2) is 9.78 Å². The van der Waals surface area contributed by atoms with Gasteiger partial charge in [0.15, 0.2) is 0 Å². The summed E-state index contributed by atoms with van der Waals surface area (Å²) in [6.07, 6.45) is 11.8. The van der Waals surface area contributed by atoms with Crippen LogP contribution in [0.15, 0.2) is 46.4 Å². The maximum absolute atomic E-state index is 12.7. The van der Waals surface area contributed by atoms with Gasteiger partial charge in [0.2, 0.25) is 0 Å². The van der Waals surface area contributed by atoms with Gasteiger partial charge in [-0.15, -0.1) is 0 Å². The number of fused-ring (bicyclic) bond motifs is 1. The molecule has 6 heteroatoms. The van der Waals surface area contributed by atoms with Crippen LogP contribution in [0.4, 0.5) is 0 Å². The lowest BCUT2D eigenvalue weighted by Crippen LogP contribution is -2.19. The summed E-state index contributed by atoms with van der Waals surface area (Å²) in [6.45, 7) is 4.31. The standard InChI is InChI=1S/C24H29N3O3/c1-15(2)30-24(29)21-20(26-13-16-7-4-3-5-8-16)12-17(22(21)28)11-18-14-27-23-19(18)9-6-10-25-23/h6,9-11,14-16,28H,3-5,7-8,12-13H2,1-2H3,(H,25,27)/b17-11+,26-20?. The van der Waals surface area contributed by atoms with Crippen LogP contribution in [0.5, 0.6) is 0 Å². The minimum absolute atomic E-state index is 0.0266. The number of aliphatic hydroxyl groups is 1. The molecule has 2 aliphatic rings. The number of aromatic amines is 1. The van der Waals surface area contributed by atoms with Gasteiger partial charge in [-0.05, 0) is 50.8 Å². The highest BCUT2D eigenvalue weighted by molar-refractivity contribution is 6.24. The third-order valence-electron chi connectivity index (χ3n) is 5.81. The van der Waals surface area contributed by atoms with E-state index in [9.17, 15) is 9.90 Å². The quantitative estimate of drug-likeness (QED) is 0.672. The van der Waals surface area contributed by atoms with E-state index in [1.165, 1.54) is 32.1 Å². The highest BCUT2D eigenvalue weighted by atomic mass is 16.5. The van der Waals surface area contributed by atoms with Crippen molar-refractivity contribution in [3.63, 3.8) is 0 Å². The van der Waals surface area contributed by atoms with Crippen LogP contribution in [0.2, 0.25) is 0 Å². The van der Waals surface area contributed by atoms with Gasteiger partial charge in [-0.3, -0.25) is 4.99 Å². The van der Waals surface area contributed by atoms with Gasteiger partial charge in [0.25, 0.3) is 0 Å². The van der Waals surface area contributed by atoms with E-state index in [1.54, 1.807) is 20.0 Å². The van der Waals surface area contributed by atoms with E-state index < -0.39 is 5.97 Å². The summed E-state index contributed by atoms with van der Waals surface area (Å²) in [6, 6.07) is 3.86. The molecule has 0 atom stereocenters. The van der Waals surface area contributed by atoms with E-state index >= 15 is 0 Å². The van der Waals surface area contributed by atoms with Crippen molar-refractivity contribution in [3.8, 4) is 0 Å². The number of hydrogen-bond donors (Lipinski definition) is 2. The Hall–Kier alpha value is -2.89. The Bertz CT molecular complexity index is 1020. The van der Waals surface area contributed by atoms with Crippen LogP contribution in [0, 0.1) is 5.92 Å². The van der Waals surface area contributed by atoms with Crippen LogP contribution in [0.25, 0.3) is 17.1 Å². The molecule has 0 radical (unpaired) electrons. The highest BCUT2D eigenvalue weighted by Gasteiger charge is 2.32. The first-order chi connectivity index (χ1) is 14.5. The molecule has 30 heavy (non-hydrogen) atoms. The van der Waals surface area contributed by atoms with Gasteiger partial charge in [-0.1, -0.05) is 19.3 Å². The third kappa shape index (κ3) is 4.32. The lowest BCUT2D eigenvalue weighted by Gasteiger charge is -2.19. The minimum Gasteiger partial charge on any atom is -0.507 e. The summed E-state index contributed by atoms with van der Waals surface area (Å²) in [5.74, 6) is 0.0265. The number of rotatable bonds is 5. The summed E-state index contributed by atoms with van der Waals surface area (Å²) < 4.78 is 5.40. The smallest absolute Gasteiger partial charge is 0.344 e. The van der Waals surface area contributed by atoms with Gasteiger partial charge in [0.05, 0.1) is 11.8 Å². The van der Waals surface area contributed by atoms with Gasteiger partial charge < -0.3 is 14.8 Å². The molecule has 0 aliphatic heterocycles. The van der Waals surface area contributed by atoms with Crippen LogP contribution in [-0.2, 0) is 9.53 Å². The Morgan fingerprint density at radius 1 is 1.37 bits per heavy atom. The molecule has 2 aromatic heterocycles. The van der Waals surface area contributed by atoms with Crippen LogP contribution in [-0.4, -0.2) is 39.4 Å². The number of H-pyrrole nitrogens is 1. The molecule has 4 rings (SSSR count). The van der Waals surface area contributed by atoms with Crippen molar-refractivity contribution in [2.24, 2.45) is 10.9 Å². The molecule has 0 saturated heterocycles. The van der Waals surface area contributed by atoms with E-state index in [4.69, 9.17) is 9.73 Å². The summed E-state index contributed by atoms with van der Waals surface area (Å²) >= 11 is 0. The topological polar surface area (TPSA) is 87.6 Å². The molecule has 1 fully saturated rings. The fourth-order valence-corrected chi connectivity index (χ4v) is 4.28. The number of nitrogens with one attached hydrogen (secondary N) is 1. The predicted molar refractivity (Wildman–Crippen MR) is 118 cm³/mol. The lowest BCUT2D eigenvalue weighted by molar-refractivity contribution is -0.142. The molecular weight excluding hydrogens is 378 g/mol. The summed E-state index contributed by atoms with van der Waals surface area (Å²) in [7, 11) is 0. The number of esters is 1. The molecule has 158 valence electrons. The second kappa shape index (κ2) is 8.86. The number of aliphatic hydroxyl groups excluding tert-OH is 1. The number of nitrogens with zero attached hydrogens (tertiary/aromatic N) is 2. The number of aromatic nitrogens is 2. The van der Waals surface area contributed by atoms with E-state index in [1.807, 2.05) is 24.4 Å². The Morgan fingerprint density at radius 3 is 2.93 bits per heavy atom. The zero-order valence-electron chi connectivity index (χ0n) is 17.6. The number of allylic oxidation sites excluding steroid dienone is 1. The van der Waals surface area contributed by atoms with Crippen molar-refractivity contribution >= 4 is 28.8 Å². The molecule has 2 aliphatic carbocycles. The zero-order valence-corrected chi connectivity index (χ0v) is 17.6. The molecule has 0 spiro atoms. The van der Waals surface area contributed by atoms with Crippen LogP contribution >= 0.6 is 0 Å². The van der Waals surface area contributed by atoms with E-state index in [0.717, 1.165) is 16.6 Å². The number of carbonyl (C=O) groups is 1. The van der Waals surface area contributed by atoms with Crippen molar-refractivity contribution < 1.29 is 14.6 Å². The predicted octanol–water partition coefficient (Wildman–Crippen LogP) is 5.14. The summed E-state index contributed by atoms with van der Waals surface area (Å²) in [5.41, 5.74) is 3.23. The summed E-state index contributed by atoms with van der Waals surface area (Å²) in [5, 5.41) is 11.9. The normalized spacial score (nSPS) is 20.8. The second-order valence-corrected chi connectivity index (χ2v) is 8.46. The first kappa shape index (κ1) is 20.4. The van der Waals surface area contributed by atoms with Crippen molar-refractivity contribution in [2.45, 2.75) is 58.5 Å². The largest absolute Gasteiger partial charge is 0.507 e. The van der Waals surface area contributed by atoms with Crippen molar-refractivity contribution in [1.82, 2.24) is 9.97 Å². The first-order valence-corrected chi connectivity index (χ1v) is 10.8. The highest BCUT2D eigenvalue weighted by Crippen LogP contribution is 2.33. The summed E-state index contributed by atoms with van der Waals surface area (Å²) in [4.78, 5) is 25.0. The minimum atomic E-state index is -0.506. The fraction of sp³-hybridized carbons (Fsp3) is 0.458. The van der Waals surface area contributed by atoms with E-state index in [2.05, 4.69) is 9.97 Å². The van der Waals surface area contributed by atoms with E-state index in [-0.39, 0.29) is 17.4 Å². The molecule has 1 saturated carbocycles. The first-order valence-electron chi connectivity index (χ1n) is 10.8. The van der Waals surface area contributed by atoms with Crippen LogP contribution in [0.1, 0.15) is 57.9 Å². The van der Waals surface area contributed by atoms with Crippen molar-refractivity contribution in [3.05, 3.63) is 47.0 Å². The SMILES string of the molecule is CC(C)OC(=O)C1=C(O)/C(=C/c2c[nH]c3ncccc23)CC1=NCC1CCCCC1. The molecule has 2 aromatic rings. The third-order valence-corrected chi connectivity index (χ3v) is 5.81. The monoisotopic (exact) mass is 407 g/mol. The Labute approximate surface area is 176 Å². The molecule has 0 bridgehead atoms. The van der Waals surface area contributed by atoms with Gasteiger partial charge in [-0.2, -0.15) is 0 Å². The number of hydrogen-bond acceptors (Lipinski definition) is 5. The van der Waals surface area contributed by atoms with Gasteiger partial charge >= 0.3 is 5.97 Å². The van der Waals surface area contributed by atoms with Crippen LogP contribution in [0.3, 0.4) is 0 Å². The average molecular weight is 408 g/mol. The number of carbonyl (C=O) groups excluding carboxylic acids is 1. The van der Waals surface area contributed by atoms with Gasteiger partial charge in [0, 0.05) is 41.9 Å². The zero-order chi connectivity index (χ0) is 21.1. The maximum atomic E-state index is 12.7. The Kier molecular flexibility index (Phi) is 6.02. The van der Waals surface area contributed by atoms with Gasteiger partial charge in [0.1, 0.15) is 17.0 Å². The molecule has 6 nitrogen and oxygen atoms in total. The maximum Gasteiger partial charge on any atom is 0.344 e. The molecule has 0 unspecified atom stereocenters. The Balaban J connectivity index is 1.66.